The molecule has 0 amide bonds. The Balaban J connectivity index is 2.32. The first-order valence-corrected chi connectivity index (χ1v) is 5.58. The van der Waals surface area contributed by atoms with Crippen LogP contribution in [0.4, 0.5) is 0 Å². The maximum atomic E-state index is 11.1. The summed E-state index contributed by atoms with van der Waals surface area (Å²) in [5.41, 5.74) is 1.28. The van der Waals surface area contributed by atoms with Gasteiger partial charge >= 0.3 is 5.97 Å². The Kier molecular flexibility index (Phi) is 1.98. The standard InChI is InChI=1S/C12H10ClNO2/c13-7-1-4-9-10(12(15)16)6-14(8-2-3-8)11(9)5-7/h1,4-6,8H,2-3H2,(H,15,16). The van der Waals surface area contributed by atoms with E-state index in [1.807, 2.05) is 10.6 Å². The van der Waals surface area contributed by atoms with Gasteiger partial charge in [-0.15, -0.1) is 0 Å². The van der Waals surface area contributed by atoms with E-state index in [9.17, 15) is 4.79 Å². The van der Waals surface area contributed by atoms with Gasteiger partial charge in [0.1, 0.15) is 0 Å². The van der Waals surface area contributed by atoms with Gasteiger partial charge in [-0.2, -0.15) is 0 Å². The summed E-state index contributed by atoms with van der Waals surface area (Å²) in [6.07, 6.45) is 3.96. The highest BCUT2D eigenvalue weighted by Gasteiger charge is 2.27. The molecule has 0 saturated heterocycles. The Labute approximate surface area is 97.2 Å². The molecule has 1 aromatic heterocycles. The van der Waals surface area contributed by atoms with E-state index in [4.69, 9.17) is 16.7 Å². The van der Waals surface area contributed by atoms with Crippen molar-refractivity contribution in [3.63, 3.8) is 0 Å². The minimum absolute atomic E-state index is 0.360. The van der Waals surface area contributed by atoms with Crippen LogP contribution in [-0.2, 0) is 0 Å². The van der Waals surface area contributed by atoms with Crippen LogP contribution >= 0.6 is 11.6 Å². The number of nitrogens with zero attached hydrogens (tertiary/aromatic N) is 1. The fourth-order valence-electron chi connectivity index (χ4n) is 2.05. The lowest BCUT2D eigenvalue weighted by atomic mass is 10.2. The van der Waals surface area contributed by atoms with Gasteiger partial charge < -0.3 is 9.67 Å². The summed E-state index contributed by atoms with van der Waals surface area (Å²) < 4.78 is 2.03. The van der Waals surface area contributed by atoms with Gasteiger partial charge in [-0.05, 0) is 25.0 Å². The van der Waals surface area contributed by atoms with Crippen LogP contribution in [0.15, 0.2) is 24.4 Å². The van der Waals surface area contributed by atoms with Gasteiger partial charge in [-0.25, -0.2) is 4.79 Å². The molecule has 1 saturated carbocycles. The molecule has 1 aromatic carbocycles. The highest BCUT2D eigenvalue weighted by Crippen LogP contribution is 2.39. The lowest BCUT2D eigenvalue weighted by Gasteiger charge is -2.01. The summed E-state index contributed by atoms with van der Waals surface area (Å²) in [7, 11) is 0. The molecule has 3 nitrogen and oxygen atoms in total. The third-order valence-electron chi connectivity index (χ3n) is 2.97. The third kappa shape index (κ3) is 1.39. The Morgan fingerprint density at radius 3 is 2.81 bits per heavy atom. The Morgan fingerprint density at radius 2 is 2.19 bits per heavy atom. The van der Waals surface area contributed by atoms with Crippen molar-refractivity contribution in [2.24, 2.45) is 0 Å². The number of aromatic carboxylic acids is 1. The van der Waals surface area contributed by atoms with Crippen molar-refractivity contribution in [1.29, 1.82) is 0 Å². The van der Waals surface area contributed by atoms with Crippen LogP contribution in [-0.4, -0.2) is 15.6 Å². The molecule has 16 heavy (non-hydrogen) atoms. The maximum Gasteiger partial charge on any atom is 0.337 e. The molecule has 0 atom stereocenters. The van der Waals surface area contributed by atoms with E-state index >= 15 is 0 Å². The SMILES string of the molecule is O=C(O)c1cn(C2CC2)c2cc(Cl)ccc12. The molecule has 2 aromatic rings. The minimum Gasteiger partial charge on any atom is -0.478 e. The quantitative estimate of drug-likeness (QED) is 0.868. The number of benzene rings is 1. The average Bonchev–Trinajstić information content (AvgIpc) is 3.00. The number of hydrogen-bond donors (Lipinski definition) is 1. The number of carboxylic acids is 1. The normalized spacial score (nSPS) is 15.6. The molecule has 0 radical (unpaired) electrons. The third-order valence-corrected chi connectivity index (χ3v) is 3.20. The summed E-state index contributed by atoms with van der Waals surface area (Å²) in [5.74, 6) is -0.883. The number of aromatic nitrogens is 1. The molecule has 1 N–H and O–H groups in total. The predicted octanol–water partition coefficient (Wildman–Crippen LogP) is 3.33. The van der Waals surface area contributed by atoms with Crippen molar-refractivity contribution in [2.75, 3.05) is 0 Å². The second kappa shape index (κ2) is 3.25. The van der Waals surface area contributed by atoms with Crippen molar-refractivity contribution in [3.05, 3.63) is 35.0 Å². The molecule has 4 heteroatoms. The molecular formula is C12H10ClNO2. The zero-order chi connectivity index (χ0) is 11.3. The molecular weight excluding hydrogens is 226 g/mol. The summed E-state index contributed by atoms with van der Waals surface area (Å²) in [4.78, 5) is 11.1. The van der Waals surface area contributed by atoms with E-state index in [-0.39, 0.29) is 0 Å². The molecule has 0 bridgehead atoms. The lowest BCUT2D eigenvalue weighted by Crippen LogP contribution is -1.94. The number of fused-ring (bicyclic) bond motifs is 1. The van der Waals surface area contributed by atoms with E-state index in [1.165, 1.54) is 0 Å². The second-order valence-corrected chi connectivity index (χ2v) is 4.58. The van der Waals surface area contributed by atoms with Crippen LogP contribution in [0.1, 0.15) is 29.2 Å². The Bertz CT molecular complexity index is 584. The first kappa shape index (κ1) is 9.73. The molecule has 3 rings (SSSR count). The fraction of sp³-hybridized carbons (Fsp3) is 0.250. The van der Waals surface area contributed by atoms with Gasteiger partial charge in [0, 0.05) is 22.6 Å². The molecule has 1 heterocycles. The number of hydrogen-bond acceptors (Lipinski definition) is 1. The lowest BCUT2D eigenvalue weighted by molar-refractivity contribution is 0.0699. The highest BCUT2D eigenvalue weighted by molar-refractivity contribution is 6.31. The van der Waals surface area contributed by atoms with Gasteiger partial charge in [0.25, 0.3) is 0 Å². The van der Waals surface area contributed by atoms with Crippen LogP contribution in [0, 0.1) is 0 Å². The molecule has 0 spiro atoms. The van der Waals surface area contributed by atoms with Crippen molar-refractivity contribution in [3.8, 4) is 0 Å². The molecule has 0 aliphatic heterocycles. The zero-order valence-electron chi connectivity index (χ0n) is 8.48. The monoisotopic (exact) mass is 235 g/mol. The highest BCUT2D eigenvalue weighted by atomic mass is 35.5. The van der Waals surface area contributed by atoms with E-state index in [0.717, 1.165) is 23.7 Å². The van der Waals surface area contributed by atoms with Crippen molar-refractivity contribution < 1.29 is 9.90 Å². The summed E-state index contributed by atoms with van der Waals surface area (Å²) in [6, 6.07) is 5.80. The minimum atomic E-state index is -0.883. The number of halogens is 1. The average molecular weight is 236 g/mol. The van der Waals surface area contributed by atoms with Gasteiger partial charge in [-0.1, -0.05) is 17.7 Å². The van der Waals surface area contributed by atoms with Crippen LogP contribution in [0.3, 0.4) is 0 Å². The Hall–Kier alpha value is -1.48. The molecule has 0 unspecified atom stereocenters. The first-order valence-electron chi connectivity index (χ1n) is 5.20. The van der Waals surface area contributed by atoms with Crippen LogP contribution in [0.2, 0.25) is 5.02 Å². The summed E-state index contributed by atoms with van der Waals surface area (Å²) in [6.45, 7) is 0. The van der Waals surface area contributed by atoms with Crippen LogP contribution in [0.5, 0.6) is 0 Å². The van der Waals surface area contributed by atoms with Crippen LogP contribution in [0.25, 0.3) is 10.9 Å². The van der Waals surface area contributed by atoms with E-state index in [1.54, 1.807) is 18.3 Å². The molecule has 1 aliphatic carbocycles. The summed E-state index contributed by atoms with van der Waals surface area (Å²) in [5, 5.41) is 10.5. The van der Waals surface area contributed by atoms with E-state index < -0.39 is 5.97 Å². The topological polar surface area (TPSA) is 42.2 Å². The molecule has 1 fully saturated rings. The Morgan fingerprint density at radius 1 is 1.44 bits per heavy atom. The van der Waals surface area contributed by atoms with Crippen molar-refractivity contribution >= 4 is 28.5 Å². The van der Waals surface area contributed by atoms with Gasteiger partial charge in [0.05, 0.1) is 11.1 Å². The molecule has 1 aliphatic rings. The second-order valence-electron chi connectivity index (χ2n) is 4.15. The first-order chi connectivity index (χ1) is 7.66. The van der Waals surface area contributed by atoms with Crippen molar-refractivity contribution in [2.45, 2.75) is 18.9 Å². The largest absolute Gasteiger partial charge is 0.478 e. The predicted molar refractivity (Wildman–Crippen MR) is 62.2 cm³/mol. The number of carbonyl (C=O) groups is 1. The fourth-order valence-corrected chi connectivity index (χ4v) is 2.22. The maximum absolute atomic E-state index is 11.1. The molecule has 82 valence electrons. The smallest absolute Gasteiger partial charge is 0.337 e. The van der Waals surface area contributed by atoms with E-state index in [0.29, 0.717) is 16.6 Å². The van der Waals surface area contributed by atoms with Gasteiger partial charge in [0.15, 0.2) is 0 Å². The van der Waals surface area contributed by atoms with E-state index in [2.05, 4.69) is 0 Å². The summed E-state index contributed by atoms with van der Waals surface area (Å²) >= 11 is 5.94. The zero-order valence-corrected chi connectivity index (χ0v) is 9.24. The van der Waals surface area contributed by atoms with Gasteiger partial charge in [-0.3, -0.25) is 0 Å². The number of carboxylic acid groups (broad SMARTS) is 1. The van der Waals surface area contributed by atoms with Gasteiger partial charge in [0.2, 0.25) is 0 Å². The van der Waals surface area contributed by atoms with Crippen molar-refractivity contribution in [1.82, 2.24) is 4.57 Å². The number of rotatable bonds is 2. The van der Waals surface area contributed by atoms with Crippen LogP contribution < -0.4 is 0 Å².